The summed E-state index contributed by atoms with van der Waals surface area (Å²) in [5.41, 5.74) is 2.06. The average Bonchev–Trinajstić information content (AvgIpc) is 3.05. The summed E-state index contributed by atoms with van der Waals surface area (Å²) in [6.45, 7) is 4.74. The molecule has 2 amide bonds. The molecule has 1 N–H and O–H groups in total. The van der Waals surface area contributed by atoms with Gasteiger partial charge in [-0.25, -0.2) is 9.78 Å². The highest BCUT2D eigenvalue weighted by Gasteiger charge is 2.30. The van der Waals surface area contributed by atoms with Gasteiger partial charge in [0.25, 0.3) is 0 Å². The Hall–Kier alpha value is -1.89. The molecular weight excluding hydrogens is 298 g/mol. The first kappa shape index (κ1) is 15.0. The number of carbonyl (C=O) groups is 1. The lowest BCUT2D eigenvalue weighted by molar-refractivity contribution is 0.159. The molecular formula is C15H21N5OS. The number of aryl methyl sites for hydroxylation is 3. The maximum Gasteiger partial charge on any atom is 0.324 e. The fourth-order valence-electron chi connectivity index (χ4n) is 2.88. The molecule has 0 spiro atoms. The van der Waals surface area contributed by atoms with Crippen LogP contribution in [0.3, 0.4) is 0 Å². The lowest BCUT2D eigenvalue weighted by atomic mass is 10.00. The van der Waals surface area contributed by atoms with Crippen LogP contribution in [0.25, 0.3) is 0 Å². The number of rotatable bonds is 2. The van der Waals surface area contributed by atoms with Gasteiger partial charge in [-0.05, 0) is 39.2 Å². The van der Waals surface area contributed by atoms with E-state index in [1.807, 2.05) is 36.5 Å². The Labute approximate surface area is 134 Å². The van der Waals surface area contributed by atoms with Gasteiger partial charge in [0, 0.05) is 24.7 Å². The van der Waals surface area contributed by atoms with Crippen molar-refractivity contribution in [3.8, 4) is 0 Å². The van der Waals surface area contributed by atoms with E-state index in [0.29, 0.717) is 5.13 Å². The second kappa shape index (κ2) is 6.08. The Morgan fingerprint density at radius 2 is 2.23 bits per heavy atom. The van der Waals surface area contributed by atoms with Crippen LogP contribution in [0.15, 0.2) is 12.3 Å². The van der Waals surface area contributed by atoms with Gasteiger partial charge in [0.05, 0.1) is 17.4 Å². The van der Waals surface area contributed by atoms with Gasteiger partial charge >= 0.3 is 6.03 Å². The number of nitrogens with zero attached hydrogens (tertiary/aromatic N) is 4. The lowest BCUT2D eigenvalue weighted by Gasteiger charge is -2.35. The van der Waals surface area contributed by atoms with Crippen LogP contribution in [0.5, 0.6) is 0 Å². The molecule has 0 aromatic carbocycles. The standard InChI is InChI=1S/C15H21N5OS/c1-10-11(2)22-14(17-10)18-15(21)20-9-5-4-6-13(20)12-7-8-16-19(12)3/h7-8,13H,4-6,9H2,1-3H3,(H,17,18,21). The zero-order chi connectivity index (χ0) is 15.7. The number of carbonyl (C=O) groups excluding carboxylic acids is 1. The largest absolute Gasteiger partial charge is 0.324 e. The number of hydrogen-bond donors (Lipinski definition) is 1. The van der Waals surface area contributed by atoms with E-state index >= 15 is 0 Å². The van der Waals surface area contributed by atoms with E-state index in [1.54, 1.807) is 6.20 Å². The van der Waals surface area contributed by atoms with E-state index in [-0.39, 0.29) is 12.1 Å². The number of thiazole rings is 1. The number of urea groups is 1. The van der Waals surface area contributed by atoms with Gasteiger partial charge in [-0.3, -0.25) is 10.00 Å². The fraction of sp³-hybridized carbons (Fsp3) is 0.533. The third-order valence-corrected chi connectivity index (χ3v) is 5.19. The van der Waals surface area contributed by atoms with Crippen molar-refractivity contribution in [3.05, 3.63) is 28.5 Å². The molecule has 7 heteroatoms. The maximum absolute atomic E-state index is 12.7. The van der Waals surface area contributed by atoms with Crippen LogP contribution >= 0.6 is 11.3 Å². The Kier molecular flexibility index (Phi) is 4.15. The Bertz CT molecular complexity index is 658. The van der Waals surface area contributed by atoms with Crippen molar-refractivity contribution >= 4 is 22.5 Å². The predicted octanol–water partition coefficient (Wildman–Crippen LogP) is 3.25. The zero-order valence-electron chi connectivity index (χ0n) is 13.2. The molecule has 0 radical (unpaired) electrons. The Balaban J connectivity index is 1.78. The van der Waals surface area contributed by atoms with Crippen LogP contribution in [-0.2, 0) is 7.05 Å². The molecule has 6 nitrogen and oxygen atoms in total. The van der Waals surface area contributed by atoms with Crippen molar-refractivity contribution in [3.63, 3.8) is 0 Å². The normalized spacial score (nSPS) is 18.5. The van der Waals surface area contributed by atoms with E-state index in [1.165, 1.54) is 11.3 Å². The van der Waals surface area contributed by atoms with Crippen molar-refractivity contribution in [1.82, 2.24) is 19.7 Å². The molecule has 1 unspecified atom stereocenters. The summed E-state index contributed by atoms with van der Waals surface area (Å²) in [4.78, 5) is 20.1. The first-order valence-corrected chi connectivity index (χ1v) is 8.37. The molecule has 118 valence electrons. The van der Waals surface area contributed by atoms with Crippen LogP contribution in [0.4, 0.5) is 9.93 Å². The average molecular weight is 319 g/mol. The summed E-state index contributed by atoms with van der Waals surface area (Å²) in [7, 11) is 1.92. The molecule has 22 heavy (non-hydrogen) atoms. The van der Waals surface area contributed by atoms with E-state index in [4.69, 9.17) is 0 Å². The lowest BCUT2D eigenvalue weighted by Crippen LogP contribution is -2.41. The molecule has 0 aliphatic carbocycles. The highest BCUT2D eigenvalue weighted by Crippen LogP contribution is 2.31. The predicted molar refractivity (Wildman–Crippen MR) is 87.1 cm³/mol. The maximum atomic E-state index is 12.7. The smallest absolute Gasteiger partial charge is 0.316 e. The number of anilines is 1. The van der Waals surface area contributed by atoms with Crippen molar-refractivity contribution in [2.75, 3.05) is 11.9 Å². The fourth-order valence-corrected chi connectivity index (χ4v) is 3.69. The topological polar surface area (TPSA) is 63.1 Å². The number of aromatic nitrogens is 3. The molecule has 0 saturated carbocycles. The first-order valence-electron chi connectivity index (χ1n) is 7.56. The SMILES string of the molecule is Cc1nc(NC(=O)N2CCCCC2c2ccnn2C)sc1C. The number of hydrogen-bond acceptors (Lipinski definition) is 4. The highest BCUT2D eigenvalue weighted by molar-refractivity contribution is 7.15. The summed E-state index contributed by atoms with van der Waals surface area (Å²) < 4.78 is 1.86. The van der Waals surface area contributed by atoms with Crippen molar-refractivity contribution in [2.45, 2.75) is 39.2 Å². The third-order valence-electron chi connectivity index (χ3n) is 4.21. The first-order chi connectivity index (χ1) is 10.6. The molecule has 1 fully saturated rings. The molecule has 3 heterocycles. The van der Waals surface area contributed by atoms with E-state index < -0.39 is 0 Å². The van der Waals surface area contributed by atoms with Gasteiger partial charge in [-0.15, -0.1) is 11.3 Å². The quantitative estimate of drug-likeness (QED) is 0.924. The van der Waals surface area contributed by atoms with Crippen LogP contribution in [0.1, 0.15) is 41.6 Å². The summed E-state index contributed by atoms with van der Waals surface area (Å²) in [5.74, 6) is 0. The number of amides is 2. The van der Waals surface area contributed by atoms with Gasteiger partial charge in [0.1, 0.15) is 0 Å². The summed E-state index contributed by atoms with van der Waals surface area (Å²) in [6, 6.07) is 2.01. The minimum atomic E-state index is -0.0698. The molecule has 1 atom stereocenters. The van der Waals surface area contributed by atoms with E-state index in [0.717, 1.165) is 42.1 Å². The summed E-state index contributed by atoms with van der Waals surface area (Å²) in [5, 5.41) is 7.86. The zero-order valence-corrected chi connectivity index (χ0v) is 14.0. The van der Waals surface area contributed by atoms with Gasteiger partial charge in [0.15, 0.2) is 5.13 Å². The van der Waals surface area contributed by atoms with Crippen LogP contribution in [0.2, 0.25) is 0 Å². The second-order valence-corrected chi connectivity index (χ2v) is 6.88. The molecule has 1 saturated heterocycles. The third kappa shape index (κ3) is 2.85. The van der Waals surface area contributed by atoms with Crippen molar-refractivity contribution < 1.29 is 4.79 Å². The van der Waals surface area contributed by atoms with E-state index in [9.17, 15) is 4.79 Å². The summed E-state index contributed by atoms with van der Waals surface area (Å²) >= 11 is 1.52. The molecule has 0 bridgehead atoms. The van der Waals surface area contributed by atoms with Gasteiger partial charge in [0.2, 0.25) is 0 Å². The van der Waals surface area contributed by atoms with Gasteiger partial charge < -0.3 is 4.90 Å². The Morgan fingerprint density at radius 1 is 1.41 bits per heavy atom. The molecule has 1 aliphatic rings. The van der Waals surface area contributed by atoms with Crippen molar-refractivity contribution in [2.24, 2.45) is 7.05 Å². The number of piperidine rings is 1. The minimum absolute atomic E-state index is 0.0698. The highest BCUT2D eigenvalue weighted by atomic mass is 32.1. The second-order valence-electron chi connectivity index (χ2n) is 5.68. The molecule has 1 aliphatic heterocycles. The van der Waals surface area contributed by atoms with Gasteiger partial charge in [-0.2, -0.15) is 5.10 Å². The molecule has 2 aromatic heterocycles. The number of nitrogens with one attached hydrogen (secondary N) is 1. The van der Waals surface area contributed by atoms with Crippen LogP contribution in [-0.4, -0.2) is 32.2 Å². The summed E-state index contributed by atoms with van der Waals surface area (Å²) in [6.07, 6.45) is 4.93. The van der Waals surface area contributed by atoms with Crippen LogP contribution < -0.4 is 5.32 Å². The Morgan fingerprint density at radius 3 is 2.86 bits per heavy atom. The number of likely N-dealkylation sites (tertiary alicyclic amines) is 1. The minimum Gasteiger partial charge on any atom is -0.316 e. The molecule has 2 aromatic rings. The monoisotopic (exact) mass is 319 g/mol. The van der Waals surface area contributed by atoms with E-state index in [2.05, 4.69) is 15.4 Å². The molecule has 3 rings (SSSR count). The van der Waals surface area contributed by atoms with Crippen molar-refractivity contribution in [1.29, 1.82) is 0 Å². The van der Waals surface area contributed by atoms with Crippen LogP contribution in [0, 0.1) is 13.8 Å². The van der Waals surface area contributed by atoms with Gasteiger partial charge in [-0.1, -0.05) is 0 Å².